The molecule has 1 aromatic carbocycles. The highest BCUT2D eigenvalue weighted by Crippen LogP contribution is 2.20. The van der Waals surface area contributed by atoms with Crippen LogP contribution in [0.1, 0.15) is 16.8 Å². The monoisotopic (exact) mass is 289 g/mol. The van der Waals surface area contributed by atoms with Gasteiger partial charge >= 0.3 is 0 Å². The summed E-state index contributed by atoms with van der Waals surface area (Å²) in [6, 6.07) is 8.07. The first kappa shape index (κ1) is 14.4. The number of nitrogens with zero attached hydrogens (tertiary/aromatic N) is 1. The lowest BCUT2D eigenvalue weighted by Crippen LogP contribution is -2.01. The zero-order chi connectivity index (χ0) is 14.4. The van der Waals surface area contributed by atoms with Crippen LogP contribution in [0, 0.1) is 24.6 Å². The number of pyridine rings is 1. The molecule has 0 atom stereocenters. The van der Waals surface area contributed by atoms with Crippen molar-refractivity contribution in [2.24, 2.45) is 0 Å². The van der Waals surface area contributed by atoms with E-state index >= 15 is 0 Å². The Kier molecular flexibility index (Phi) is 4.97. The third-order valence-corrected chi connectivity index (χ3v) is 2.85. The van der Waals surface area contributed by atoms with E-state index in [1.54, 1.807) is 12.3 Å². The maximum atomic E-state index is 13.2. The first-order valence-electron chi connectivity index (χ1n) is 6.08. The summed E-state index contributed by atoms with van der Waals surface area (Å²) in [6.45, 7) is 2.28. The van der Waals surface area contributed by atoms with Crippen molar-refractivity contribution in [2.75, 3.05) is 5.88 Å². The van der Waals surface area contributed by atoms with Crippen LogP contribution in [0.3, 0.4) is 0 Å². The van der Waals surface area contributed by atoms with E-state index in [-0.39, 0.29) is 11.7 Å². The fourth-order valence-corrected chi connectivity index (χ4v) is 1.74. The van der Waals surface area contributed by atoms with Crippen LogP contribution in [0.15, 0.2) is 36.5 Å². The van der Waals surface area contributed by atoms with Gasteiger partial charge in [-0.25, -0.2) is 4.39 Å². The molecule has 0 radical (unpaired) electrons. The van der Waals surface area contributed by atoms with E-state index in [2.05, 4.69) is 16.8 Å². The van der Waals surface area contributed by atoms with Gasteiger partial charge in [0.05, 0.1) is 17.1 Å². The Morgan fingerprint density at radius 2 is 2.20 bits per heavy atom. The number of ether oxygens (including phenoxy) is 1. The molecule has 0 saturated heterocycles. The van der Waals surface area contributed by atoms with Crippen LogP contribution in [-0.4, -0.2) is 10.9 Å². The summed E-state index contributed by atoms with van der Waals surface area (Å²) < 4.78 is 18.9. The van der Waals surface area contributed by atoms with Gasteiger partial charge in [-0.2, -0.15) is 0 Å². The summed E-state index contributed by atoms with van der Waals surface area (Å²) in [5.74, 6) is 5.84. The number of aryl methyl sites for hydroxylation is 1. The highest BCUT2D eigenvalue weighted by molar-refractivity contribution is 6.19. The Hall–Kier alpha value is -2.05. The molecule has 0 bridgehead atoms. The summed E-state index contributed by atoms with van der Waals surface area (Å²) >= 11 is 5.52. The largest absolute Gasteiger partial charge is 0.486 e. The van der Waals surface area contributed by atoms with Crippen molar-refractivity contribution in [1.29, 1.82) is 0 Å². The molecule has 4 heteroatoms. The topological polar surface area (TPSA) is 22.1 Å². The Morgan fingerprint density at radius 3 is 2.95 bits per heavy atom. The van der Waals surface area contributed by atoms with E-state index in [9.17, 15) is 4.39 Å². The number of halogens is 2. The lowest BCUT2D eigenvalue weighted by Gasteiger charge is -2.09. The molecule has 102 valence electrons. The molecule has 1 heterocycles. The normalized spacial score (nSPS) is 9.75. The number of alkyl halides is 1. The quantitative estimate of drug-likeness (QED) is 0.635. The molecule has 2 rings (SSSR count). The summed E-state index contributed by atoms with van der Waals surface area (Å²) in [4.78, 5) is 4.25. The Balaban J connectivity index is 2.19. The minimum absolute atomic E-state index is 0.190. The maximum absolute atomic E-state index is 13.2. The smallest absolute Gasteiger partial charge is 0.135 e. The highest BCUT2D eigenvalue weighted by Gasteiger charge is 2.05. The molecule has 0 N–H and O–H groups in total. The molecule has 2 aromatic rings. The van der Waals surface area contributed by atoms with Gasteiger partial charge in [0.25, 0.3) is 0 Å². The molecule has 0 aliphatic carbocycles. The fourth-order valence-electron chi connectivity index (χ4n) is 1.67. The summed E-state index contributed by atoms with van der Waals surface area (Å²) in [5.41, 5.74) is 2.37. The predicted molar refractivity (Wildman–Crippen MR) is 77.3 cm³/mol. The van der Waals surface area contributed by atoms with Crippen molar-refractivity contribution in [3.63, 3.8) is 0 Å². The Labute approximate surface area is 122 Å². The molecule has 0 unspecified atom stereocenters. The maximum Gasteiger partial charge on any atom is 0.135 e. The molecule has 20 heavy (non-hydrogen) atoms. The molecular weight excluding hydrogens is 277 g/mol. The van der Waals surface area contributed by atoms with Crippen molar-refractivity contribution < 1.29 is 9.13 Å². The van der Waals surface area contributed by atoms with Gasteiger partial charge in [0.1, 0.15) is 18.2 Å². The zero-order valence-corrected chi connectivity index (χ0v) is 11.7. The molecule has 0 fully saturated rings. The predicted octanol–water partition coefficient (Wildman–Crippen LogP) is 3.70. The van der Waals surface area contributed by atoms with Gasteiger partial charge in [-0.05, 0) is 36.8 Å². The second-order valence-electron chi connectivity index (χ2n) is 4.13. The SMILES string of the molecule is Cc1cccnc1COc1ccc(F)cc1C#CCCl. The zero-order valence-electron chi connectivity index (χ0n) is 11.0. The van der Waals surface area contributed by atoms with Gasteiger partial charge in [0.2, 0.25) is 0 Å². The average molecular weight is 290 g/mol. The lowest BCUT2D eigenvalue weighted by molar-refractivity contribution is 0.299. The van der Waals surface area contributed by atoms with E-state index in [1.807, 2.05) is 19.1 Å². The van der Waals surface area contributed by atoms with Gasteiger partial charge < -0.3 is 4.74 Å². The number of benzene rings is 1. The van der Waals surface area contributed by atoms with E-state index in [4.69, 9.17) is 16.3 Å². The van der Waals surface area contributed by atoms with Gasteiger partial charge in [-0.3, -0.25) is 4.98 Å². The van der Waals surface area contributed by atoms with Gasteiger partial charge in [-0.1, -0.05) is 17.9 Å². The third-order valence-electron chi connectivity index (χ3n) is 2.71. The number of hydrogen-bond acceptors (Lipinski definition) is 2. The van der Waals surface area contributed by atoms with Crippen LogP contribution in [0.5, 0.6) is 5.75 Å². The molecule has 0 saturated carbocycles. The lowest BCUT2D eigenvalue weighted by atomic mass is 10.2. The first-order valence-corrected chi connectivity index (χ1v) is 6.62. The number of aromatic nitrogens is 1. The third kappa shape index (κ3) is 3.72. The average Bonchev–Trinajstić information content (AvgIpc) is 2.45. The van der Waals surface area contributed by atoms with Gasteiger partial charge in [0, 0.05) is 6.20 Å². The second kappa shape index (κ2) is 6.93. The number of hydrogen-bond donors (Lipinski definition) is 0. The molecular formula is C16H13ClFNO. The van der Waals surface area contributed by atoms with Crippen LogP contribution >= 0.6 is 11.6 Å². The van der Waals surface area contributed by atoms with E-state index < -0.39 is 0 Å². The molecule has 0 aliphatic heterocycles. The minimum Gasteiger partial charge on any atom is -0.486 e. The molecule has 0 amide bonds. The van der Waals surface area contributed by atoms with E-state index in [1.165, 1.54) is 12.1 Å². The summed E-state index contributed by atoms with van der Waals surface area (Å²) in [5, 5.41) is 0. The molecule has 1 aromatic heterocycles. The van der Waals surface area contributed by atoms with Crippen molar-refractivity contribution in [3.05, 3.63) is 59.2 Å². The standard InChI is InChI=1S/C16H13ClFNO/c1-12-4-3-9-19-15(12)11-20-16-7-6-14(18)10-13(16)5-2-8-17/h3-4,6-7,9-10H,8,11H2,1H3. The second-order valence-corrected chi connectivity index (χ2v) is 4.40. The highest BCUT2D eigenvalue weighted by atomic mass is 35.5. The van der Waals surface area contributed by atoms with Crippen molar-refractivity contribution in [2.45, 2.75) is 13.5 Å². The van der Waals surface area contributed by atoms with Gasteiger partial charge in [0.15, 0.2) is 0 Å². The van der Waals surface area contributed by atoms with Crippen LogP contribution in [-0.2, 0) is 6.61 Å². The fraction of sp³-hybridized carbons (Fsp3) is 0.188. The summed E-state index contributed by atoms with van der Waals surface area (Å²) in [7, 11) is 0. The van der Waals surface area contributed by atoms with Crippen LogP contribution in [0.25, 0.3) is 0 Å². The number of rotatable bonds is 3. The first-order chi connectivity index (χ1) is 9.70. The minimum atomic E-state index is -0.356. The van der Waals surface area contributed by atoms with Crippen LogP contribution in [0.2, 0.25) is 0 Å². The van der Waals surface area contributed by atoms with Crippen LogP contribution in [0.4, 0.5) is 4.39 Å². The molecule has 2 nitrogen and oxygen atoms in total. The van der Waals surface area contributed by atoms with E-state index in [0.29, 0.717) is 17.9 Å². The van der Waals surface area contributed by atoms with Crippen molar-refractivity contribution in [3.8, 4) is 17.6 Å². The molecule has 0 aliphatic rings. The Bertz CT molecular complexity index is 661. The van der Waals surface area contributed by atoms with Crippen molar-refractivity contribution in [1.82, 2.24) is 4.98 Å². The van der Waals surface area contributed by atoms with Gasteiger partial charge in [-0.15, -0.1) is 11.6 Å². The summed E-state index contributed by atoms with van der Waals surface area (Å²) in [6.07, 6.45) is 1.71. The Morgan fingerprint density at radius 1 is 1.35 bits per heavy atom. The van der Waals surface area contributed by atoms with Crippen molar-refractivity contribution >= 4 is 11.6 Å². The van der Waals surface area contributed by atoms with Crippen LogP contribution < -0.4 is 4.74 Å². The van der Waals surface area contributed by atoms with E-state index in [0.717, 1.165) is 11.3 Å². The molecule has 0 spiro atoms.